The normalized spacial score (nSPS) is 14.1. The molecule has 2 rings (SSSR count). The second kappa shape index (κ2) is 6.59. The van der Waals surface area contributed by atoms with Crippen LogP contribution in [0.15, 0.2) is 29.6 Å². The summed E-state index contributed by atoms with van der Waals surface area (Å²) in [5, 5.41) is 13.2. The Bertz CT molecular complexity index is 585. The first-order valence-electron chi connectivity index (χ1n) is 6.34. The molecule has 0 saturated heterocycles. The highest BCUT2D eigenvalue weighted by Gasteiger charge is 2.27. The van der Waals surface area contributed by atoms with Crippen molar-refractivity contribution in [2.45, 2.75) is 18.9 Å². The number of rotatable bonds is 5. The number of aliphatic hydroxyl groups is 1. The molecule has 2 unspecified atom stereocenters. The van der Waals surface area contributed by atoms with Gasteiger partial charge in [-0.25, -0.2) is 0 Å². The van der Waals surface area contributed by atoms with Crippen molar-refractivity contribution in [3.8, 4) is 5.75 Å². The van der Waals surface area contributed by atoms with Crippen LogP contribution in [-0.2, 0) is 0 Å². The van der Waals surface area contributed by atoms with Gasteiger partial charge in [-0.3, -0.25) is 0 Å². The number of ether oxygens (including phenoxy) is 1. The molecule has 3 N–H and O–H groups in total. The van der Waals surface area contributed by atoms with E-state index in [1.54, 1.807) is 7.11 Å². The largest absolute Gasteiger partial charge is 0.496 e. The highest BCUT2D eigenvalue weighted by Crippen LogP contribution is 2.41. The maximum Gasteiger partial charge on any atom is 0.122 e. The maximum atomic E-state index is 10.6. The summed E-state index contributed by atoms with van der Waals surface area (Å²) < 4.78 is 5.35. The molecule has 0 aliphatic heterocycles. The lowest BCUT2D eigenvalue weighted by Gasteiger charge is -2.23. The minimum Gasteiger partial charge on any atom is -0.496 e. The summed E-state index contributed by atoms with van der Waals surface area (Å²) in [5.74, 6) is 0.480. The van der Waals surface area contributed by atoms with Crippen LogP contribution in [0.3, 0.4) is 0 Å². The Kier molecular flexibility index (Phi) is 5.05. The summed E-state index contributed by atoms with van der Waals surface area (Å²) in [7, 11) is 1.61. The number of thiophene rings is 1. The van der Waals surface area contributed by atoms with E-state index in [4.69, 9.17) is 22.1 Å². The number of hydrogen-bond donors (Lipinski definition) is 2. The summed E-state index contributed by atoms with van der Waals surface area (Å²) in [6.45, 7) is 2.24. The number of aliphatic hydroxyl groups excluding tert-OH is 1. The van der Waals surface area contributed by atoms with E-state index < -0.39 is 6.10 Å². The Labute approximate surface area is 128 Å². The van der Waals surface area contributed by atoms with Gasteiger partial charge in [0, 0.05) is 18.0 Å². The van der Waals surface area contributed by atoms with E-state index in [0.29, 0.717) is 11.6 Å². The van der Waals surface area contributed by atoms with Crippen molar-refractivity contribution >= 4 is 22.9 Å². The number of aryl methyl sites for hydroxylation is 1. The molecule has 0 aliphatic rings. The fourth-order valence-corrected chi connectivity index (χ4v) is 3.59. The van der Waals surface area contributed by atoms with Crippen molar-refractivity contribution in [1.29, 1.82) is 0 Å². The lowest BCUT2D eigenvalue weighted by molar-refractivity contribution is 0.149. The molecule has 0 aliphatic carbocycles. The van der Waals surface area contributed by atoms with Crippen LogP contribution in [0.25, 0.3) is 0 Å². The van der Waals surface area contributed by atoms with Gasteiger partial charge in [-0.05, 0) is 23.9 Å². The zero-order valence-corrected chi connectivity index (χ0v) is 13.0. The van der Waals surface area contributed by atoms with Crippen LogP contribution in [0, 0.1) is 6.92 Å². The second-order valence-electron chi connectivity index (χ2n) is 4.63. The number of nitrogens with two attached hydrogens (primary N) is 1. The van der Waals surface area contributed by atoms with Crippen LogP contribution in [0.4, 0.5) is 0 Å². The van der Waals surface area contributed by atoms with E-state index >= 15 is 0 Å². The molecule has 0 saturated carbocycles. The predicted octanol–water partition coefficient (Wildman–Crippen LogP) is 3.49. The van der Waals surface area contributed by atoms with E-state index in [1.165, 1.54) is 11.3 Å². The van der Waals surface area contributed by atoms with Crippen molar-refractivity contribution < 1.29 is 9.84 Å². The van der Waals surface area contributed by atoms with Crippen LogP contribution < -0.4 is 10.5 Å². The lowest BCUT2D eigenvalue weighted by atomic mass is 9.91. The summed E-state index contributed by atoms with van der Waals surface area (Å²) in [6, 6.07) is 7.60. The summed E-state index contributed by atoms with van der Waals surface area (Å²) in [6.07, 6.45) is -0.734. The van der Waals surface area contributed by atoms with Crippen molar-refractivity contribution in [1.82, 2.24) is 0 Å². The minimum absolute atomic E-state index is 0.248. The standard InChI is InChI=1S/C15H18ClNO2S/c1-9-8-20-15(13(9)16)14(18)11(7-17)10-5-3-4-6-12(10)19-2/h3-6,8,11,14,18H,7,17H2,1-2H3. The third-order valence-electron chi connectivity index (χ3n) is 3.37. The Morgan fingerprint density at radius 1 is 1.40 bits per heavy atom. The van der Waals surface area contributed by atoms with E-state index in [2.05, 4.69) is 0 Å². The first-order chi connectivity index (χ1) is 9.60. The summed E-state index contributed by atoms with van der Waals surface area (Å²) in [5.41, 5.74) is 7.74. The smallest absolute Gasteiger partial charge is 0.122 e. The van der Waals surface area contributed by atoms with Gasteiger partial charge in [0.15, 0.2) is 0 Å². The maximum absolute atomic E-state index is 10.6. The first-order valence-corrected chi connectivity index (χ1v) is 7.60. The second-order valence-corrected chi connectivity index (χ2v) is 5.92. The quantitative estimate of drug-likeness (QED) is 0.888. The van der Waals surface area contributed by atoms with Crippen LogP contribution in [0.2, 0.25) is 5.02 Å². The Balaban J connectivity index is 2.39. The van der Waals surface area contributed by atoms with E-state index in [0.717, 1.165) is 21.8 Å². The number of para-hydroxylation sites is 1. The third kappa shape index (κ3) is 2.83. The molecule has 1 aromatic heterocycles. The number of methoxy groups -OCH3 is 1. The topological polar surface area (TPSA) is 55.5 Å². The van der Waals surface area contributed by atoms with Crippen molar-refractivity contribution in [2.24, 2.45) is 5.73 Å². The molecule has 0 fully saturated rings. The highest BCUT2D eigenvalue weighted by molar-refractivity contribution is 7.10. The van der Waals surface area contributed by atoms with Gasteiger partial charge in [0.25, 0.3) is 0 Å². The average Bonchev–Trinajstić information content (AvgIpc) is 2.80. The number of halogens is 1. The fraction of sp³-hybridized carbons (Fsp3) is 0.333. The van der Waals surface area contributed by atoms with Crippen LogP contribution in [-0.4, -0.2) is 18.8 Å². The predicted molar refractivity (Wildman–Crippen MR) is 83.8 cm³/mol. The zero-order valence-electron chi connectivity index (χ0n) is 11.5. The Hall–Kier alpha value is -1.07. The molecule has 5 heteroatoms. The SMILES string of the molecule is COc1ccccc1C(CN)C(O)c1scc(C)c1Cl. The molecule has 0 bridgehead atoms. The van der Waals surface area contributed by atoms with Gasteiger partial charge in [0.05, 0.1) is 23.1 Å². The average molecular weight is 312 g/mol. The fourth-order valence-electron chi connectivity index (χ4n) is 2.23. The van der Waals surface area contributed by atoms with Crippen LogP contribution in [0.5, 0.6) is 5.75 Å². The summed E-state index contributed by atoms with van der Waals surface area (Å²) in [4.78, 5) is 0.755. The van der Waals surface area contributed by atoms with Gasteiger partial charge in [-0.15, -0.1) is 11.3 Å². The molecule has 2 aromatic rings. The zero-order chi connectivity index (χ0) is 14.7. The van der Waals surface area contributed by atoms with E-state index in [-0.39, 0.29) is 5.92 Å². The molecule has 0 radical (unpaired) electrons. The molecular formula is C15H18ClNO2S. The third-order valence-corrected chi connectivity index (χ3v) is 5.15. The van der Waals surface area contributed by atoms with Gasteiger partial charge in [0.1, 0.15) is 5.75 Å². The lowest BCUT2D eigenvalue weighted by Crippen LogP contribution is -2.20. The molecule has 1 heterocycles. The summed E-state index contributed by atoms with van der Waals surface area (Å²) >= 11 is 7.70. The Morgan fingerprint density at radius 2 is 2.10 bits per heavy atom. The molecule has 108 valence electrons. The van der Waals surface area contributed by atoms with Gasteiger partial charge in [0.2, 0.25) is 0 Å². The van der Waals surface area contributed by atoms with Crippen LogP contribution in [0.1, 0.15) is 28.0 Å². The van der Waals surface area contributed by atoms with Gasteiger partial charge >= 0.3 is 0 Å². The molecule has 3 nitrogen and oxygen atoms in total. The molecule has 0 spiro atoms. The molecule has 20 heavy (non-hydrogen) atoms. The molecule has 2 atom stereocenters. The van der Waals surface area contributed by atoms with Crippen molar-refractivity contribution in [2.75, 3.05) is 13.7 Å². The van der Waals surface area contributed by atoms with Crippen molar-refractivity contribution in [3.05, 3.63) is 50.7 Å². The first kappa shape index (κ1) is 15.3. The monoisotopic (exact) mass is 311 g/mol. The van der Waals surface area contributed by atoms with E-state index in [9.17, 15) is 5.11 Å². The van der Waals surface area contributed by atoms with Gasteiger partial charge in [-0.2, -0.15) is 0 Å². The minimum atomic E-state index is -0.734. The van der Waals surface area contributed by atoms with Gasteiger partial charge in [-0.1, -0.05) is 29.8 Å². The molecular weight excluding hydrogens is 294 g/mol. The van der Waals surface area contributed by atoms with Crippen molar-refractivity contribution in [3.63, 3.8) is 0 Å². The highest BCUT2D eigenvalue weighted by atomic mass is 35.5. The molecule has 1 aromatic carbocycles. The Morgan fingerprint density at radius 3 is 2.65 bits per heavy atom. The van der Waals surface area contributed by atoms with Gasteiger partial charge < -0.3 is 15.6 Å². The van der Waals surface area contributed by atoms with E-state index in [1.807, 2.05) is 36.6 Å². The number of hydrogen-bond acceptors (Lipinski definition) is 4. The number of benzene rings is 1. The van der Waals surface area contributed by atoms with Crippen LogP contribution >= 0.6 is 22.9 Å². The molecule has 0 amide bonds.